The van der Waals surface area contributed by atoms with Crippen molar-refractivity contribution in [2.45, 2.75) is 0 Å². The molecule has 3 aromatic rings. The van der Waals surface area contributed by atoms with Gasteiger partial charge in [-0.25, -0.2) is 4.39 Å². The van der Waals surface area contributed by atoms with Gasteiger partial charge in [0.25, 0.3) is 0 Å². The van der Waals surface area contributed by atoms with Crippen LogP contribution in [0.2, 0.25) is 0 Å². The molecule has 3 rings (SSSR count). The van der Waals surface area contributed by atoms with Crippen molar-refractivity contribution >= 4 is 22.2 Å². The van der Waals surface area contributed by atoms with Crippen molar-refractivity contribution in [3.05, 3.63) is 77.6 Å². The van der Waals surface area contributed by atoms with Crippen LogP contribution in [-0.2, 0) is 0 Å². The Labute approximate surface area is 115 Å². The topological polar surface area (TPSA) is 43.1 Å². The number of carbonyl (C=O) groups excluding carboxylic acids is 1. The summed E-state index contributed by atoms with van der Waals surface area (Å²) in [7, 11) is 0. The number of carbonyl (C=O) groups is 1. The molecule has 0 spiro atoms. The van der Waals surface area contributed by atoms with E-state index >= 15 is 0 Å². The molecule has 0 unspecified atom stereocenters. The number of rotatable bonds is 2. The minimum Gasteiger partial charge on any atom is -0.399 e. The molecule has 0 heterocycles. The van der Waals surface area contributed by atoms with Crippen LogP contribution in [0.1, 0.15) is 15.9 Å². The van der Waals surface area contributed by atoms with Crippen LogP contribution in [0.25, 0.3) is 10.8 Å². The molecule has 0 atom stereocenters. The van der Waals surface area contributed by atoms with Crippen molar-refractivity contribution in [2.75, 3.05) is 5.73 Å². The quantitative estimate of drug-likeness (QED) is 0.566. The van der Waals surface area contributed by atoms with E-state index in [0.29, 0.717) is 11.3 Å². The first-order valence-electron chi connectivity index (χ1n) is 6.24. The molecule has 20 heavy (non-hydrogen) atoms. The second-order valence-electron chi connectivity index (χ2n) is 4.60. The lowest BCUT2D eigenvalue weighted by molar-refractivity contribution is 0.103. The van der Waals surface area contributed by atoms with Gasteiger partial charge < -0.3 is 5.73 Å². The molecule has 2 N–H and O–H groups in total. The average Bonchev–Trinajstić information content (AvgIpc) is 2.48. The van der Waals surface area contributed by atoms with E-state index in [4.69, 9.17) is 5.73 Å². The van der Waals surface area contributed by atoms with Gasteiger partial charge in [0.15, 0.2) is 5.78 Å². The van der Waals surface area contributed by atoms with Gasteiger partial charge in [-0.05, 0) is 29.0 Å². The number of nitrogens with two attached hydrogens (primary N) is 1. The number of anilines is 1. The fourth-order valence-corrected chi connectivity index (χ4v) is 2.29. The minimum absolute atomic E-state index is 0.00125. The molecule has 0 aliphatic carbocycles. The molecule has 2 nitrogen and oxygen atoms in total. The molecule has 0 saturated heterocycles. The van der Waals surface area contributed by atoms with E-state index < -0.39 is 5.82 Å². The molecular weight excluding hydrogens is 253 g/mol. The maximum atomic E-state index is 13.8. The number of halogens is 1. The first-order valence-corrected chi connectivity index (χ1v) is 6.24. The van der Waals surface area contributed by atoms with Crippen LogP contribution in [0, 0.1) is 5.82 Å². The van der Waals surface area contributed by atoms with Crippen molar-refractivity contribution in [1.82, 2.24) is 0 Å². The monoisotopic (exact) mass is 265 g/mol. The Hall–Kier alpha value is -2.68. The van der Waals surface area contributed by atoms with Crippen LogP contribution < -0.4 is 5.73 Å². The molecule has 0 radical (unpaired) electrons. The van der Waals surface area contributed by atoms with Gasteiger partial charge in [-0.15, -0.1) is 0 Å². The van der Waals surface area contributed by atoms with Crippen LogP contribution in [0.15, 0.2) is 60.7 Å². The number of nitrogen functional groups attached to an aromatic ring is 1. The maximum absolute atomic E-state index is 13.8. The van der Waals surface area contributed by atoms with E-state index in [1.165, 1.54) is 18.2 Å². The van der Waals surface area contributed by atoms with Crippen molar-refractivity contribution in [3.8, 4) is 0 Å². The van der Waals surface area contributed by atoms with Crippen molar-refractivity contribution in [1.29, 1.82) is 0 Å². The van der Waals surface area contributed by atoms with Gasteiger partial charge in [0.2, 0.25) is 0 Å². The summed E-state index contributed by atoms with van der Waals surface area (Å²) >= 11 is 0. The third kappa shape index (κ3) is 2.03. The van der Waals surface area contributed by atoms with Gasteiger partial charge in [-0.3, -0.25) is 4.79 Å². The van der Waals surface area contributed by atoms with E-state index in [1.807, 2.05) is 30.3 Å². The van der Waals surface area contributed by atoms with E-state index in [0.717, 1.165) is 10.8 Å². The maximum Gasteiger partial charge on any atom is 0.196 e. The SMILES string of the molecule is Nc1ccc(F)c(C(=O)c2cccc3ccccc23)c1. The first kappa shape index (κ1) is 12.4. The molecule has 0 aromatic heterocycles. The zero-order valence-corrected chi connectivity index (χ0v) is 10.6. The van der Waals surface area contributed by atoms with Gasteiger partial charge in [0, 0.05) is 11.3 Å². The summed E-state index contributed by atoms with van der Waals surface area (Å²) in [4.78, 5) is 12.5. The number of ketones is 1. The second-order valence-corrected chi connectivity index (χ2v) is 4.60. The standard InChI is InChI=1S/C17H12FNO/c18-16-9-8-12(19)10-15(16)17(20)14-7-3-5-11-4-1-2-6-13(11)14/h1-10H,19H2. The zero-order valence-electron chi connectivity index (χ0n) is 10.6. The highest BCUT2D eigenvalue weighted by Gasteiger charge is 2.16. The van der Waals surface area contributed by atoms with E-state index in [2.05, 4.69) is 0 Å². The second kappa shape index (κ2) is 4.78. The Morgan fingerprint density at radius 2 is 1.65 bits per heavy atom. The van der Waals surface area contributed by atoms with Crippen molar-refractivity contribution in [2.24, 2.45) is 0 Å². The Morgan fingerprint density at radius 1 is 0.900 bits per heavy atom. The fourth-order valence-electron chi connectivity index (χ4n) is 2.29. The van der Waals surface area contributed by atoms with Crippen molar-refractivity contribution < 1.29 is 9.18 Å². The molecule has 98 valence electrons. The molecule has 0 saturated carbocycles. The van der Waals surface area contributed by atoms with E-state index in [1.54, 1.807) is 12.1 Å². The summed E-state index contributed by atoms with van der Waals surface area (Å²) in [6.07, 6.45) is 0. The van der Waals surface area contributed by atoms with Gasteiger partial charge >= 0.3 is 0 Å². The third-order valence-corrected chi connectivity index (χ3v) is 3.27. The smallest absolute Gasteiger partial charge is 0.196 e. The molecule has 0 aliphatic rings. The van der Waals surface area contributed by atoms with Gasteiger partial charge in [-0.2, -0.15) is 0 Å². The fraction of sp³-hybridized carbons (Fsp3) is 0. The van der Waals surface area contributed by atoms with Gasteiger partial charge in [0.05, 0.1) is 5.56 Å². The molecule has 3 aromatic carbocycles. The molecular formula is C17H12FNO. The highest BCUT2D eigenvalue weighted by molar-refractivity contribution is 6.16. The lowest BCUT2D eigenvalue weighted by atomic mass is 9.97. The first-order chi connectivity index (χ1) is 9.66. The molecule has 3 heteroatoms. The van der Waals surface area contributed by atoms with Crippen LogP contribution in [0.5, 0.6) is 0 Å². The summed E-state index contributed by atoms with van der Waals surface area (Å²) in [5, 5.41) is 1.75. The Bertz CT molecular complexity index is 806. The summed E-state index contributed by atoms with van der Waals surface area (Å²) in [5.74, 6) is -0.913. The van der Waals surface area contributed by atoms with Gasteiger partial charge in [0.1, 0.15) is 5.82 Å². The van der Waals surface area contributed by atoms with Crippen LogP contribution in [0.3, 0.4) is 0 Å². The lowest BCUT2D eigenvalue weighted by Gasteiger charge is -2.07. The van der Waals surface area contributed by atoms with Crippen molar-refractivity contribution in [3.63, 3.8) is 0 Å². The number of hydrogen-bond acceptors (Lipinski definition) is 2. The summed E-state index contributed by atoms with van der Waals surface area (Å²) in [6.45, 7) is 0. The lowest BCUT2D eigenvalue weighted by Crippen LogP contribution is -2.06. The van der Waals surface area contributed by atoms with Crippen LogP contribution >= 0.6 is 0 Å². The van der Waals surface area contributed by atoms with E-state index in [-0.39, 0.29) is 11.3 Å². The van der Waals surface area contributed by atoms with E-state index in [9.17, 15) is 9.18 Å². The number of benzene rings is 3. The van der Waals surface area contributed by atoms with Crippen LogP contribution in [0.4, 0.5) is 10.1 Å². The molecule has 0 bridgehead atoms. The molecule has 0 aliphatic heterocycles. The average molecular weight is 265 g/mol. The zero-order chi connectivity index (χ0) is 14.1. The summed E-state index contributed by atoms with van der Waals surface area (Å²) < 4.78 is 13.8. The summed E-state index contributed by atoms with van der Waals surface area (Å²) in [5.41, 5.74) is 6.49. The predicted octanol–water partition coefficient (Wildman–Crippen LogP) is 3.79. The molecule has 0 fully saturated rings. The van der Waals surface area contributed by atoms with Gasteiger partial charge in [-0.1, -0.05) is 42.5 Å². The highest BCUT2D eigenvalue weighted by atomic mass is 19.1. The largest absolute Gasteiger partial charge is 0.399 e. The number of fused-ring (bicyclic) bond motifs is 1. The Balaban J connectivity index is 2.20. The summed E-state index contributed by atoms with van der Waals surface area (Å²) in [6, 6.07) is 17.0. The normalized spacial score (nSPS) is 10.7. The highest BCUT2D eigenvalue weighted by Crippen LogP contribution is 2.23. The Morgan fingerprint density at radius 3 is 2.50 bits per heavy atom. The van der Waals surface area contributed by atoms with Crippen LogP contribution in [-0.4, -0.2) is 5.78 Å². The minimum atomic E-state index is -0.558. The third-order valence-electron chi connectivity index (χ3n) is 3.27. The predicted molar refractivity (Wildman–Crippen MR) is 78.2 cm³/mol. The molecule has 0 amide bonds. The Kier molecular flexibility index (Phi) is 2.95. The number of hydrogen-bond donors (Lipinski definition) is 1.